The maximum atomic E-state index is 10.5. The quantitative estimate of drug-likeness (QED) is 0.521. The van der Waals surface area contributed by atoms with Crippen molar-refractivity contribution in [3.05, 3.63) is 12.3 Å². The molecule has 0 aromatic rings. The third-order valence-corrected chi connectivity index (χ3v) is 2.09. The highest BCUT2D eigenvalue weighted by Crippen LogP contribution is 2.26. The van der Waals surface area contributed by atoms with Crippen molar-refractivity contribution in [2.45, 2.75) is 32.0 Å². The lowest BCUT2D eigenvalue weighted by Gasteiger charge is -2.30. The van der Waals surface area contributed by atoms with E-state index in [2.05, 4.69) is 11.3 Å². The smallest absolute Gasteiger partial charge is 0.409 e. The van der Waals surface area contributed by atoms with Gasteiger partial charge in [-0.25, -0.2) is 4.79 Å². The molecular weight excluding hydrogens is 198 g/mol. The van der Waals surface area contributed by atoms with Crippen LogP contribution >= 0.6 is 0 Å². The van der Waals surface area contributed by atoms with Crippen molar-refractivity contribution in [3.8, 4) is 0 Å². The highest BCUT2D eigenvalue weighted by atomic mass is 16.7. The zero-order chi connectivity index (χ0) is 11.9. The lowest BCUT2D eigenvalue weighted by Crippen LogP contribution is -2.34. The fourth-order valence-corrected chi connectivity index (χ4v) is 1.38. The van der Waals surface area contributed by atoms with Gasteiger partial charge in [-0.2, -0.15) is 0 Å². The average Bonchev–Trinajstić information content (AvgIpc) is 2.15. The predicted octanol–water partition coefficient (Wildman–Crippen LogP) is 1.77. The fraction of sp³-hybridized carbons (Fsp3) is 0.700. The molecule has 0 aromatic heterocycles. The molecule has 0 aliphatic carbocycles. The summed E-state index contributed by atoms with van der Waals surface area (Å²) in [6.45, 7) is 5.58. The summed E-state index contributed by atoms with van der Waals surface area (Å²) in [4.78, 5) is 10.5. The molecule has 0 atom stereocenters. The number of primary amides is 1. The lowest BCUT2D eigenvalue weighted by atomic mass is 10.1. The van der Waals surface area contributed by atoms with E-state index < -0.39 is 11.9 Å². The van der Waals surface area contributed by atoms with E-state index in [1.54, 1.807) is 0 Å². The summed E-state index contributed by atoms with van der Waals surface area (Å²) in [5.41, 5.74) is 4.87. The molecule has 0 heterocycles. The molecule has 2 N–H and O–H groups in total. The van der Waals surface area contributed by atoms with Crippen LogP contribution in [0.2, 0.25) is 0 Å². The maximum absolute atomic E-state index is 10.5. The molecular formula is C10H19NO4. The molecule has 0 saturated carbocycles. The number of hydrogen-bond donors (Lipinski definition) is 1. The molecule has 0 bridgehead atoms. The van der Waals surface area contributed by atoms with E-state index in [1.807, 2.05) is 6.92 Å². The van der Waals surface area contributed by atoms with E-state index in [4.69, 9.17) is 15.2 Å². The molecule has 88 valence electrons. The van der Waals surface area contributed by atoms with Crippen LogP contribution in [0.25, 0.3) is 0 Å². The Labute approximate surface area is 90.2 Å². The van der Waals surface area contributed by atoms with Crippen LogP contribution in [0.3, 0.4) is 0 Å². The highest BCUT2D eigenvalue weighted by Gasteiger charge is 2.30. The van der Waals surface area contributed by atoms with E-state index in [1.165, 1.54) is 14.2 Å². The van der Waals surface area contributed by atoms with E-state index in [-0.39, 0.29) is 12.2 Å². The monoisotopic (exact) mass is 217 g/mol. The number of amides is 1. The van der Waals surface area contributed by atoms with E-state index in [0.717, 1.165) is 6.42 Å². The molecule has 0 unspecified atom stereocenters. The minimum absolute atomic E-state index is 0.236. The number of methoxy groups -OCH3 is 2. The van der Waals surface area contributed by atoms with Crippen molar-refractivity contribution in [2.75, 3.05) is 14.2 Å². The third-order valence-electron chi connectivity index (χ3n) is 2.09. The summed E-state index contributed by atoms with van der Waals surface area (Å²) in [7, 11) is 3.08. The number of nitrogens with two attached hydrogens (primary N) is 1. The molecule has 1 amide bonds. The standard InChI is InChI=1S/C10H19NO4/c1-5-6-10(13-3,14-4)7-8(2)15-9(11)12/h2,5-7H2,1,3-4H3,(H2,11,12). The first kappa shape index (κ1) is 13.9. The molecule has 0 aliphatic rings. The van der Waals surface area contributed by atoms with Crippen molar-refractivity contribution >= 4 is 6.09 Å². The van der Waals surface area contributed by atoms with Gasteiger partial charge < -0.3 is 19.9 Å². The molecule has 0 fully saturated rings. The van der Waals surface area contributed by atoms with Crippen LogP contribution in [0.1, 0.15) is 26.2 Å². The van der Waals surface area contributed by atoms with E-state index >= 15 is 0 Å². The maximum Gasteiger partial charge on any atom is 0.409 e. The average molecular weight is 217 g/mol. The van der Waals surface area contributed by atoms with Crippen LogP contribution in [0.15, 0.2) is 12.3 Å². The summed E-state index contributed by atoms with van der Waals surface area (Å²) >= 11 is 0. The van der Waals surface area contributed by atoms with Crippen LogP contribution in [0.4, 0.5) is 4.79 Å². The number of rotatable bonds is 7. The van der Waals surface area contributed by atoms with Gasteiger partial charge in [0.25, 0.3) is 0 Å². The Bertz CT molecular complexity index is 223. The molecule has 5 nitrogen and oxygen atoms in total. The largest absolute Gasteiger partial charge is 0.415 e. The highest BCUT2D eigenvalue weighted by molar-refractivity contribution is 5.65. The molecule has 0 aliphatic heterocycles. The van der Waals surface area contributed by atoms with Crippen LogP contribution in [-0.4, -0.2) is 26.1 Å². The number of hydrogen-bond acceptors (Lipinski definition) is 4. The summed E-state index contributed by atoms with van der Waals surface area (Å²) in [6, 6.07) is 0. The Morgan fingerprint density at radius 2 is 1.93 bits per heavy atom. The molecule has 0 rings (SSSR count). The van der Waals surface area contributed by atoms with Crippen LogP contribution < -0.4 is 5.73 Å². The van der Waals surface area contributed by atoms with Gasteiger partial charge in [-0.15, -0.1) is 0 Å². The van der Waals surface area contributed by atoms with Crippen LogP contribution in [0.5, 0.6) is 0 Å². The van der Waals surface area contributed by atoms with Gasteiger partial charge in [-0.1, -0.05) is 19.9 Å². The second-order valence-electron chi connectivity index (χ2n) is 3.21. The van der Waals surface area contributed by atoms with Crippen LogP contribution in [0, 0.1) is 0 Å². The summed E-state index contributed by atoms with van der Waals surface area (Å²) in [6.07, 6.45) is 0.960. The Balaban J connectivity index is 4.38. The lowest BCUT2D eigenvalue weighted by molar-refractivity contribution is -0.212. The van der Waals surface area contributed by atoms with Crippen molar-refractivity contribution in [2.24, 2.45) is 5.73 Å². The van der Waals surface area contributed by atoms with Gasteiger partial charge in [-0.3, -0.25) is 0 Å². The van der Waals surface area contributed by atoms with E-state index in [9.17, 15) is 4.79 Å². The summed E-state index contributed by atoms with van der Waals surface area (Å²) < 4.78 is 15.2. The third kappa shape index (κ3) is 4.80. The van der Waals surface area contributed by atoms with Gasteiger partial charge in [0.2, 0.25) is 0 Å². The molecule has 0 radical (unpaired) electrons. The number of ether oxygens (including phenoxy) is 3. The molecule has 0 spiro atoms. The first-order chi connectivity index (χ1) is 6.99. The molecule has 5 heteroatoms. The number of carbonyl (C=O) groups excluding carboxylic acids is 1. The Morgan fingerprint density at radius 1 is 1.40 bits per heavy atom. The van der Waals surface area contributed by atoms with Crippen LogP contribution in [-0.2, 0) is 14.2 Å². The first-order valence-corrected chi connectivity index (χ1v) is 4.75. The Hall–Kier alpha value is -1.07. The SMILES string of the molecule is C=C(CC(CCC)(OC)OC)OC(N)=O. The van der Waals surface area contributed by atoms with Gasteiger partial charge in [0.05, 0.1) is 6.42 Å². The number of carbonyl (C=O) groups is 1. The van der Waals surface area contributed by atoms with Gasteiger partial charge in [-0.05, 0) is 0 Å². The van der Waals surface area contributed by atoms with Gasteiger partial charge >= 0.3 is 6.09 Å². The Kier molecular flexibility index (Phi) is 5.96. The predicted molar refractivity (Wildman–Crippen MR) is 56.1 cm³/mol. The van der Waals surface area contributed by atoms with E-state index in [0.29, 0.717) is 6.42 Å². The van der Waals surface area contributed by atoms with Crippen molar-refractivity contribution in [1.29, 1.82) is 0 Å². The van der Waals surface area contributed by atoms with Crippen molar-refractivity contribution in [1.82, 2.24) is 0 Å². The summed E-state index contributed by atoms with van der Waals surface area (Å²) in [5.74, 6) is -0.555. The molecule has 0 aromatic carbocycles. The zero-order valence-electron chi connectivity index (χ0n) is 9.54. The van der Waals surface area contributed by atoms with Crippen molar-refractivity contribution < 1.29 is 19.0 Å². The first-order valence-electron chi connectivity index (χ1n) is 4.75. The normalized spacial score (nSPS) is 11.1. The second-order valence-corrected chi connectivity index (χ2v) is 3.21. The van der Waals surface area contributed by atoms with Gasteiger partial charge in [0.1, 0.15) is 5.76 Å². The Morgan fingerprint density at radius 3 is 2.27 bits per heavy atom. The fourth-order valence-electron chi connectivity index (χ4n) is 1.38. The zero-order valence-corrected chi connectivity index (χ0v) is 9.54. The molecule has 15 heavy (non-hydrogen) atoms. The van der Waals surface area contributed by atoms with Crippen molar-refractivity contribution in [3.63, 3.8) is 0 Å². The van der Waals surface area contributed by atoms with Gasteiger partial charge in [0, 0.05) is 20.6 Å². The summed E-state index contributed by atoms with van der Waals surface area (Å²) in [5, 5.41) is 0. The minimum atomic E-state index is -0.877. The molecule has 0 saturated heterocycles. The van der Waals surface area contributed by atoms with Gasteiger partial charge in [0.15, 0.2) is 5.79 Å². The second kappa shape index (κ2) is 6.42. The minimum Gasteiger partial charge on any atom is -0.415 e. The topological polar surface area (TPSA) is 70.8 Å².